The molecule has 0 rings (SSSR count). The van der Waals surface area contributed by atoms with Crippen LogP contribution in [0.4, 0.5) is 0 Å². The number of rotatable bonds is 15. The van der Waals surface area contributed by atoms with Crippen molar-refractivity contribution in [1.29, 1.82) is 0 Å². The Balaban J connectivity index is 3.50. The van der Waals surface area contributed by atoms with Gasteiger partial charge in [0.05, 0.1) is 12.7 Å². The molecule has 1 atom stereocenters. The van der Waals surface area contributed by atoms with E-state index in [0.29, 0.717) is 32.2 Å². The fourth-order valence-corrected chi connectivity index (χ4v) is 3.04. The molecule has 0 radical (unpaired) electrons. The molecule has 0 bridgehead atoms. The van der Waals surface area contributed by atoms with Gasteiger partial charge in [-0.3, -0.25) is 18.6 Å². The number of carbonyl (C=O) groups excluding carboxylic acids is 2. The Morgan fingerprint density at radius 3 is 2.24 bits per heavy atom. The van der Waals surface area contributed by atoms with Crippen LogP contribution in [0, 0.1) is 5.92 Å². The van der Waals surface area contributed by atoms with Crippen molar-refractivity contribution in [3.05, 3.63) is 0 Å². The van der Waals surface area contributed by atoms with E-state index < -0.39 is 7.82 Å². The van der Waals surface area contributed by atoms with Crippen molar-refractivity contribution < 1.29 is 28.1 Å². The second kappa shape index (κ2) is 13.5. The summed E-state index contributed by atoms with van der Waals surface area (Å²) in [6.07, 6.45) is 4.33. The van der Waals surface area contributed by atoms with Gasteiger partial charge in [-0.15, -0.1) is 0 Å². The number of amides is 1. The minimum absolute atomic E-state index is 0.0213. The van der Waals surface area contributed by atoms with Gasteiger partial charge in [0.2, 0.25) is 5.91 Å². The van der Waals surface area contributed by atoms with Gasteiger partial charge in [-0.2, -0.15) is 0 Å². The van der Waals surface area contributed by atoms with Crippen LogP contribution in [0.5, 0.6) is 0 Å². The minimum Gasteiger partial charge on any atom is -0.356 e. The first-order chi connectivity index (χ1) is 11.6. The molecule has 0 heterocycles. The normalized spacial score (nSPS) is 13.9. The molecule has 0 aliphatic heterocycles. The standard InChI is InChI=1S/C17H34NO6P/c1-14(2)16(19)10-9-11-17(20)18-12-7-5-6-8-13-23-25(21,22)24-15(3)4/h14-15H,5-13H2,1-4H3,(H,18,20)(H,21,22). The summed E-state index contributed by atoms with van der Waals surface area (Å²) in [6, 6.07) is 0. The lowest BCUT2D eigenvalue weighted by Crippen LogP contribution is -2.24. The van der Waals surface area contributed by atoms with Crippen molar-refractivity contribution in [2.75, 3.05) is 13.2 Å². The van der Waals surface area contributed by atoms with E-state index in [1.807, 2.05) is 13.8 Å². The predicted molar refractivity (Wildman–Crippen MR) is 97.2 cm³/mol. The lowest BCUT2D eigenvalue weighted by molar-refractivity contribution is -0.122. The zero-order valence-corrected chi connectivity index (χ0v) is 16.8. The molecule has 0 fully saturated rings. The number of hydrogen-bond donors (Lipinski definition) is 2. The minimum atomic E-state index is -3.93. The first kappa shape index (κ1) is 24.2. The number of hydrogen-bond acceptors (Lipinski definition) is 5. The molecule has 0 saturated carbocycles. The van der Waals surface area contributed by atoms with Gasteiger partial charge in [-0.25, -0.2) is 4.57 Å². The number of phosphoric ester groups is 1. The first-order valence-electron chi connectivity index (χ1n) is 9.09. The maximum absolute atomic E-state index is 11.6. The van der Waals surface area contributed by atoms with Crippen molar-refractivity contribution in [2.24, 2.45) is 5.92 Å². The molecule has 0 saturated heterocycles. The van der Waals surface area contributed by atoms with Crippen LogP contribution in [0.25, 0.3) is 0 Å². The molecule has 0 aliphatic rings. The lowest BCUT2D eigenvalue weighted by atomic mass is 10.0. The van der Waals surface area contributed by atoms with E-state index in [9.17, 15) is 19.0 Å². The predicted octanol–water partition coefficient (Wildman–Crippen LogP) is 3.60. The van der Waals surface area contributed by atoms with Gasteiger partial charge in [0.25, 0.3) is 0 Å². The zero-order valence-electron chi connectivity index (χ0n) is 16.0. The maximum atomic E-state index is 11.6. The molecule has 0 spiro atoms. The summed E-state index contributed by atoms with van der Waals surface area (Å²) in [4.78, 5) is 32.4. The number of ketones is 1. The van der Waals surface area contributed by atoms with E-state index >= 15 is 0 Å². The van der Waals surface area contributed by atoms with Crippen molar-refractivity contribution in [2.45, 2.75) is 78.7 Å². The summed E-state index contributed by atoms with van der Waals surface area (Å²) in [7, 11) is -3.93. The summed E-state index contributed by atoms with van der Waals surface area (Å²) in [5.41, 5.74) is 0. The van der Waals surface area contributed by atoms with Gasteiger partial charge < -0.3 is 10.2 Å². The topological polar surface area (TPSA) is 102 Å². The summed E-state index contributed by atoms with van der Waals surface area (Å²) in [5.74, 6) is 0.205. The Morgan fingerprint density at radius 2 is 1.64 bits per heavy atom. The second-order valence-electron chi connectivity index (χ2n) is 6.69. The molecule has 1 unspecified atom stereocenters. The molecule has 2 N–H and O–H groups in total. The van der Waals surface area contributed by atoms with Gasteiger partial charge >= 0.3 is 7.82 Å². The summed E-state index contributed by atoms with van der Waals surface area (Å²) < 4.78 is 21.1. The molecule has 0 aromatic rings. The van der Waals surface area contributed by atoms with Crippen molar-refractivity contribution in [3.63, 3.8) is 0 Å². The van der Waals surface area contributed by atoms with Gasteiger partial charge in [-0.05, 0) is 33.1 Å². The summed E-state index contributed by atoms with van der Waals surface area (Å²) >= 11 is 0. The van der Waals surface area contributed by atoms with Gasteiger partial charge in [0, 0.05) is 25.3 Å². The van der Waals surface area contributed by atoms with E-state index in [-0.39, 0.29) is 30.3 Å². The second-order valence-corrected chi connectivity index (χ2v) is 8.10. The van der Waals surface area contributed by atoms with Gasteiger partial charge in [0.1, 0.15) is 5.78 Å². The van der Waals surface area contributed by atoms with Crippen molar-refractivity contribution in [3.8, 4) is 0 Å². The van der Waals surface area contributed by atoms with E-state index in [1.54, 1.807) is 13.8 Å². The molecule has 7 nitrogen and oxygen atoms in total. The molecule has 8 heteroatoms. The number of Topliss-reactive ketones (excluding diaryl/α,β-unsaturated/α-hetero) is 1. The first-order valence-corrected chi connectivity index (χ1v) is 10.6. The Labute approximate surface area is 151 Å². The highest BCUT2D eigenvalue weighted by Crippen LogP contribution is 2.44. The van der Waals surface area contributed by atoms with Crippen LogP contribution in [-0.2, 0) is 23.2 Å². The summed E-state index contributed by atoms with van der Waals surface area (Å²) in [5, 5.41) is 2.84. The number of unbranched alkanes of at least 4 members (excludes halogenated alkanes) is 3. The molecule has 0 aliphatic carbocycles. The van der Waals surface area contributed by atoms with Crippen molar-refractivity contribution in [1.82, 2.24) is 5.32 Å². The van der Waals surface area contributed by atoms with E-state index in [1.165, 1.54) is 0 Å². The van der Waals surface area contributed by atoms with Crippen LogP contribution in [0.2, 0.25) is 0 Å². The largest absolute Gasteiger partial charge is 0.472 e. The molecule has 148 valence electrons. The van der Waals surface area contributed by atoms with Crippen molar-refractivity contribution >= 4 is 19.5 Å². The SMILES string of the molecule is CC(C)OP(=O)(O)OCCCCCCNC(=O)CCCC(=O)C(C)C. The molecular weight excluding hydrogens is 345 g/mol. The molecule has 0 aromatic heterocycles. The fraction of sp³-hybridized carbons (Fsp3) is 0.882. The number of nitrogens with one attached hydrogen (secondary N) is 1. The molecular formula is C17H34NO6P. The van der Waals surface area contributed by atoms with Crippen LogP contribution in [0.3, 0.4) is 0 Å². The van der Waals surface area contributed by atoms with Gasteiger partial charge in [0.15, 0.2) is 0 Å². The third-order valence-corrected chi connectivity index (χ3v) is 4.66. The molecule has 1 amide bonds. The van der Waals surface area contributed by atoms with E-state index in [4.69, 9.17) is 9.05 Å². The quantitative estimate of drug-likeness (QED) is 0.333. The fourth-order valence-electron chi connectivity index (χ4n) is 2.09. The molecule has 0 aromatic carbocycles. The number of phosphoric acid groups is 1. The Kier molecular flexibility index (Phi) is 13.0. The monoisotopic (exact) mass is 379 g/mol. The lowest BCUT2D eigenvalue weighted by Gasteiger charge is -2.14. The van der Waals surface area contributed by atoms with Crippen LogP contribution < -0.4 is 5.32 Å². The Bertz CT molecular complexity index is 439. The third kappa shape index (κ3) is 15.2. The third-order valence-electron chi connectivity index (χ3n) is 3.46. The molecule has 25 heavy (non-hydrogen) atoms. The van der Waals surface area contributed by atoms with E-state index in [2.05, 4.69) is 5.32 Å². The maximum Gasteiger partial charge on any atom is 0.472 e. The van der Waals surface area contributed by atoms with Crippen LogP contribution in [0.15, 0.2) is 0 Å². The van der Waals surface area contributed by atoms with Gasteiger partial charge in [-0.1, -0.05) is 26.7 Å². The smallest absolute Gasteiger partial charge is 0.356 e. The highest BCUT2D eigenvalue weighted by atomic mass is 31.2. The van der Waals surface area contributed by atoms with Crippen LogP contribution in [0.1, 0.15) is 72.6 Å². The highest BCUT2D eigenvalue weighted by molar-refractivity contribution is 7.47. The Hall–Kier alpha value is -0.750. The average molecular weight is 379 g/mol. The summed E-state index contributed by atoms with van der Waals surface area (Å²) in [6.45, 7) is 7.85. The van der Waals surface area contributed by atoms with Crippen LogP contribution >= 0.6 is 7.82 Å². The zero-order chi connectivity index (χ0) is 19.3. The Morgan fingerprint density at radius 1 is 1.00 bits per heavy atom. The van der Waals surface area contributed by atoms with Crippen LogP contribution in [-0.4, -0.2) is 35.8 Å². The highest BCUT2D eigenvalue weighted by Gasteiger charge is 2.21. The number of carbonyl (C=O) groups is 2. The average Bonchev–Trinajstić information content (AvgIpc) is 2.48. The van der Waals surface area contributed by atoms with E-state index in [0.717, 1.165) is 19.3 Å².